The van der Waals surface area contributed by atoms with Crippen LogP contribution in [-0.2, 0) is 0 Å². The minimum Gasteiger partial charge on any atom is -0.160 e. The summed E-state index contributed by atoms with van der Waals surface area (Å²) in [7, 11) is 0. The van der Waals surface area contributed by atoms with Crippen molar-refractivity contribution in [2.45, 2.75) is 38.1 Å². The van der Waals surface area contributed by atoms with E-state index in [0.29, 0.717) is 5.56 Å². The standard InChI is InChI=1S/C14H15F3S/c1-10-6-5-7-12(18-14(15,16)17)11(10)8-9-13(2,3)4/h5-7H,1-4H3. The highest BCUT2D eigenvalue weighted by Gasteiger charge is 2.30. The topological polar surface area (TPSA) is 0 Å². The summed E-state index contributed by atoms with van der Waals surface area (Å²) in [6, 6.07) is 4.84. The van der Waals surface area contributed by atoms with E-state index in [0.717, 1.165) is 5.56 Å². The minimum atomic E-state index is -4.29. The molecule has 0 aromatic heterocycles. The Morgan fingerprint density at radius 2 is 1.72 bits per heavy atom. The van der Waals surface area contributed by atoms with Gasteiger partial charge in [0.2, 0.25) is 0 Å². The molecule has 0 saturated heterocycles. The van der Waals surface area contributed by atoms with Gasteiger partial charge < -0.3 is 0 Å². The first-order chi connectivity index (χ1) is 8.08. The van der Waals surface area contributed by atoms with E-state index in [2.05, 4.69) is 11.8 Å². The monoisotopic (exact) mass is 272 g/mol. The zero-order valence-corrected chi connectivity index (χ0v) is 11.6. The molecule has 18 heavy (non-hydrogen) atoms. The van der Waals surface area contributed by atoms with Crippen LogP contribution in [0.2, 0.25) is 0 Å². The second-order valence-electron chi connectivity index (χ2n) is 5.00. The fraction of sp³-hybridized carbons (Fsp3) is 0.429. The molecule has 0 spiro atoms. The summed E-state index contributed by atoms with van der Waals surface area (Å²) in [4.78, 5) is 0.166. The lowest BCUT2D eigenvalue weighted by molar-refractivity contribution is -0.0328. The average molecular weight is 272 g/mol. The number of alkyl halides is 3. The molecule has 0 bridgehead atoms. The van der Waals surface area contributed by atoms with Crippen LogP contribution in [-0.4, -0.2) is 5.51 Å². The fourth-order valence-electron chi connectivity index (χ4n) is 1.26. The predicted molar refractivity (Wildman–Crippen MR) is 69.4 cm³/mol. The van der Waals surface area contributed by atoms with Gasteiger partial charge in [-0.2, -0.15) is 13.2 Å². The largest absolute Gasteiger partial charge is 0.446 e. The Morgan fingerprint density at radius 1 is 1.11 bits per heavy atom. The quantitative estimate of drug-likeness (QED) is 0.512. The molecule has 1 rings (SSSR count). The van der Waals surface area contributed by atoms with Crippen molar-refractivity contribution >= 4 is 11.8 Å². The molecule has 0 aliphatic heterocycles. The second kappa shape index (κ2) is 5.27. The zero-order valence-electron chi connectivity index (χ0n) is 10.8. The number of benzene rings is 1. The van der Waals surface area contributed by atoms with Crippen molar-refractivity contribution in [3.05, 3.63) is 29.3 Å². The van der Waals surface area contributed by atoms with Gasteiger partial charge in [-0.05, 0) is 51.1 Å². The van der Waals surface area contributed by atoms with Crippen LogP contribution >= 0.6 is 11.8 Å². The van der Waals surface area contributed by atoms with Gasteiger partial charge in [-0.15, -0.1) is 0 Å². The minimum absolute atomic E-state index is 0.110. The van der Waals surface area contributed by atoms with Crippen molar-refractivity contribution in [1.29, 1.82) is 0 Å². The van der Waals surface area contributed by atoms with Crippen molar-refractivity contribution in [3.8, 4) is 11.8 Å². The van der Waals surface area contributed by atoms with Crippen molar-refractivity contribution in [2.24, 2.45) is 5.41 Å². The Balaban J connectivity index is 3.20. The van der Waals surface area contributed by atoms with E-state index in [-0.39, 0.29) is 22.1 Å². The molecule has 4 heteroatoms. The van der Waals surface area contributed by atoms with Gasteiger partial charge in [0.1, 0.15) is 0 Å². The lowest BCUT2D eigenvalue weighted by Crippen LogP contribution is -2.02. The molecule has 1 aromatic rings. The second-order valence-corrected chi connectivity index (χ2v) is 6.10. The summed E-state index contributed by atoms with van der Waals surface area (Å²) in [5.74, 6) is 5.85. The first-order valence-corrected chi connectivity index (χ1v) is 6.29. The zero-order chi connectivity index (χ0) is 14.0. The van der Waals surface area contributed by atoms with E-state index in [1.54, 1.807) is 19.1 Å². The van der Waals surface area contributed by atoms with Crippen LogP contribution in [0.5, 0.6) is 0 Å². The summed E-state index contributed by atoms with van der Waals surface area (Å²) in [6.45, 7) is 7.55. The third-order valence-corrected chi connectivity index (χ3v) is 2.81. The highest BCUT2D eigenvalue weighted by Crippen LogP contribution is 2.39. The molecule has 0 amide bonds. The van der Waals surface area contributed by atoms with Crippen LogP contribution < -0.4 is 0 Å². The first-order valence-electron chi connectivity index (χ1n) is 5.47. The fourth-order valence-corrected chi connectivity index (χ4v) is 1.97. The molecule has 0 radical (unpaired) electrons. The van der Waals surface area contributed by atoms with Gasteiger partial charge in [0.15, 0.2) is 0 Å². The molecule has 0 N–H and O–H groups in total. The lowest BCUT2D eigenvalue weighted by Gasteiger charge is -2.11. The Morgan fingerprint density at radius 3 is 2.22 bits per heavy atom. The Bertz CT molecular complexity index is 484. The number of rotatable bonds is 1. The third kappa shape index (κ3) is 5.05. The van der Waals surface area contributed by atoms with E-state index < -0.39 is 5.51 Å². The molecule has 0 aliphatic rings. The number of thioether (sulfide) groups is 1. The maximum Gasteiger partial charge on any atom is 0.446 e. The third-order valence-electron chi connectivity index (χ3n) is 2.02. The highest BCUT2D eigenvalue weighted by molar-refractivity contribution is 8.00. The molecule has 0 atom stereocenters. The molecule has 0 saturated carbocycles. The molecule has 98 valence electrons. The number of hydrogen-bond acceptors (Lipinski definition) is 1. The van der Waals surface area contributed by atoms with Gasteiger partial charge in [-0.25, -0.2) is 0 Å². The molecule has 0 nitrogen and oxygen atoms in total. The van der Waals surface area contributed by atoms with Crippen molar-refractivity contribution in [1.82, 2.24) is 0 Å². The molecule has 0 heterocycles. The summed E-state index contributed by atoms with van der Waals surface area (Å²) in [5, 5.41) is 0. The molecule has 0 aliphatic carbocycles. The maximum absolute atomic E-state index is 12.4. The number of aryl methyl sites for hydroxylation is 1. The normalized spacial score (nSPS) is 11.9. The van der Waals surface area contributed by atoms with Gasteiger partial charge in [0.05, 0.1) is 0 Å². The smallest absolute Gasteiger partial charge is 0.160 e. The van der Waals surface area contributed by atoms with Crippen LogP contribution in [0.1, 0.15) is 31.9 Å². The molecule has 1 aromatic carbocycles. The van der Waals surface area contributed by atoms with Gasteiger partial charge in [-0.1, -0.05) is 24.0 Å². The summed E-state index contributed by atoms with van der Waals surface area (Å²) in [5.41, 5.74) is -3.29. The van der Waals surface area contributed by atoms with E-state index in [1.807, 2.05) is 20.8 Å². The number of halogens is 3. The van der Waals surface area contributed by atoms with Gasteiger partial charge in [-0.3, -0.25) is 0 Å². The van der Waals surface area contributed by atoms with Crippen molar-refractivity contribution < 1.29 is 13.2 Å². The van der Waals surface area contributed by atoms with Crippen molar-refractivity contribution in [3.63, 3.8) is 0 Å². The van der Waals surface area contributed by atoms with E-state index in [9.17, 15) is 13.2 Å². The number of hydrogen-bond donors (Lipinski definition) is 0. The van der Waals surface area contributed by atoms with Crippen LogP contribution in [0.4, 0.5) is 13.2 Å². The van der Waals surface area contributed by atoms with Gasteiger partial charge in [0.25, 0.3) is 0 Å². The Labute approximate surface area is 110 Å². The van der Waals surface area contributed by atoms with Crippen LogP contribution in [0, 0.1) is 24.2 Å². The summed E-state index contributed by atoms with van der Waals surface area (Å²) >= 11 is -0.110. The molecule has 0 fully saturated rings. The molecule has 0 unspecified atom stereocenters. The first kappa shape index (κ1) is 15.0. The van der Waals surface area contributed by atoms with E-state index in [4.69, 9.17) is 0 Å². The Hall–Kier alpha value is -1.08. The van der Waals surface area contributed by atoms with Gasteiger partial charge >= 0.3 is 5.51 Å². The van der Waals surface area contributed by atoms with Crippen molar-refractivity contribution in [2.75, 3.05) is 0 Å². The van der Waals surface area contributed by atoms with E-state index >= 15 is 0 Å². The summed E-state index contributed by atoms with van der Waals surface area (Å²) in [6.07, 6.45) is 0. The van der Waals surface area contributed by atoms with Crippen LogP contribution in [0.3, 0.4) is 0 Å². The Kier molecular flexibility index (Phi) is 4.39. The van der Waals surface area contributed by atoms with Crippen LogP contribution in [0.15, 0.2) is 23.1 Å². The van der Waals surface area contributed by atoms with Gasteiger partial charge in [0, 0.05) is 15.9 Å². The predicted octanol–water partition coefficient (Wildman–Crippen LogP) is 5.00. The molecular formula is C14H15F3S. The average Bonchev–Trinajstić information content (AvgIpc) is 2.12. The lowest BCUT2D eigenvalue weighted by atomic mass is 9.97. The van der Waals surface area contributed by atoms with E-state index in [1.165, 1.54) is 6.07 Å². The molecular weight excluding hydrogens is 257 g/mol. The highest BCUT2D eigenvalue weighted by atomic mass is 32.2. The maximum atomic E-state index is 12.4. The van der Waals surface area contributed by atoms with Crippen LogP contribution in [0.25, 0.3) is 0 Å². The SMILES string of the molecule is Cc1cccc(SC(F)(F)F)c1C#CC(C)(C)C. The summed E-state index contributed by atoms with van der Waals surface area (Å²) < 4.78 is 37.3.